The molecular formula is C20H24FN3O. The van der Waals surface area contributed by atoms with E-state index in [1.54, 1.807) is 12.1 Å². The van der Waals surface area contributed by atoms with Gasteiger partial charge in [0.25, 0.3) is 0 Å². The molecule has 0 unspecified atom stereocenters. The van der Waals surface area contributed by atoms with Gasteiger partial charge in [-0.15, -0.1) is 0 Å². The number of nitrogens with zero attached hydrogens (tertiary/aromatic N) is 1. The van der Waals surface area contributed by atoms with Crippen LogP contribution in [0.25, 0.3) is 0 Å². The van der Waals surface area contributed by atoms with Crippen LogP contribution in [-0.2, 0) is 19.4 Å². The monoisotopic (exact) mass is 341 g/mol. The highest BCUT2D eigenvalue weighted by Gasteiger charge is 2.13. The molecule has 5 heteroatoms. The number of hydrogen-bond acceptors (Lipinski definition) is 2. The van der Waals surface area contributed by atoms with E-state index in [1.807, 2.05) is 0 Å². The summed E-state index contributed by atoms with van der Waals surface area (Å²) in [5.41, 5.74) is 4.83. The van der Waals surface area contributed by atoms with Gasteiger partial charge in [-0.1, -0.05) is 24.3 Å². The van der Waals surface area contributed by atoms with Gasteiger partial charge in [-0.05, 0) is 54.2 Å². The van der Waals surface area contributed by atoms with Crippen molar-refractivity contribution in [2.75, 3.05) is 25.0 Å². The predicted octanol–water partition coefficient (Wildman–Crippen LogP) is 3.25. The SMILES string of the molecule is CN1CCCc2cc(CCNC(=O)NCc3ccc(F)cc3)ccc21. The summed E-state index contributed by atoms with van der Waals surface area (Å²) in [4.78, 5) is 14.1. The lowest BCUT2D eigenvalue weighted by atomic mass is 9.98. The second-order valence-corrected chi connectivity index (χ2v) is 6.47. The summed E-state index contributed by atoms with van der Waals surface area (Å²) < 4.78 is 12.8. The number of urea groups is 1. The second kappa shape index (κ2) is 8.01. The van der Waals surface area contributed by atoms with Crippen molar-refractivity contribution in [1.82, 2.24) is 10.6 Å². The zero-order valence-corrected chi connectivity index (χ0v) is 14.5. The van der Waals surface area contributed by atoms with Crippen LogP contribution in [0.1, 0.15) is 23.1 Å². The molecule has 4 nitrogen and oxygen atoms in total. The van der Waals surface area contributed by atoms with E-state index in [0.717, 1.165) is 24.9 Å². The fourth-order valence-electron chi connectivity index (χ4n) is 3.16. The molecule has 1 aliphatic heterocycles. The average Bonchev–Trinajstić information content (AvgIpc) is 2.61. The molecule has 0 radical (unpaired) electrons. The van der Waals surface area contributed by atoms with Gasteiger partial charge in [0, 0.05) is 32.4 Å². The highest BCUT2D eigenvalue weighted by molar-refractivity contribution is 5.73. The number of fused-ring (bicyclic) bond motifs is 1. The molecular weight excluding hydrogens is 317 g/mol. The zero-order chi connectivity index (χ0) is 17.6. The fourth-order valence-corrected chi connectivity index (χ4v) is 3.16. The summed E-state index contributed by atoms with van der Waals surface area (Å²) in [6.07, 6.45) is 3.12. The van der Waals surface area contributed by atoms with E-state index in [0.29, 0.717) is 13.1 Å². The number of rotatable bonds is 5. The first-order valence-corrected chi connectivity index (χ1v) is 8.71. The number of amides is 2. The Bertz CT molecular complexity index is 730. The first-order chi connectivity index (χ1) is 12.1. The number of aryl methyl sites for hydroxylation is 1. The lowest BCUT2D eigenvalue weighted by molar-refractivity contribution is 0.240. The minimum Gasteiger partial charge on any atom is -0.374 e. The van der Waals surface area contributed by atoms with E-state index < -0.39 is 0 Å². The quantitative estimate of drug-likeness (QED) is 0.877. The maximum atomic E-state index is 12.8. The average molecular weight is 341 g/mol. The summed E-state index contributed by atoms with van der Waals surface area (Å²) in [5, 5.41) is 5.65. The number of halogens is 1. The number of hydrogen-bond donors (Lipinski definition) is 2. The molecule has 2 aromatic rings. The number of benzene rings is 2. The molecule has 0 fully saturated rings. The third-order valence-corrected chi connectivity index (χ3v) is 4.56. The van der Waals surface area contributed by atoms with Gasteiger partial charge in [0.15, 0.2) is 0 Å². The summed E-state index contributed by atoms with van der Waals surface area (Å²) >= 11 is 0. The summed E-state index contributed by atoms with van der Waals surface area (Å²) in [5.74, 6) is -0.274. The predicted molar refractivity (Wildman–Crippen MR) is 98.4 cm³/mol. The lowest BCUT2D eigenvalue weighted by Crippen LogP contribution is -2.36. The summed E-state index contributed by atoms with van der Waals surface area (Å²) in [6.45, 7) is 2.09. The van der Waals surface area contributed by atoms with Crippen molar-refractivity contribution >= 4 is 11.7 Å². The van der Waals surface area contributed by atoms with Crippen molar-refractivity contribution in [2.45, 2.75) is 25.8 Å². The van der Waals surface area contributed by atoms with Gasteiger partial charge in [0.2, 0.25) is 0 Å². The largest absolute Gasteiger partial charge is 0.374 e. The Kier molecular flexibility index (Phi) is 5.53. The van der Waals surface area contributed by atoms with E-state index in [1.165, 1.54) is 35.4 Å². The van der Waals surface area contributed by atoms with Crippen molar-refractivity contribution in [3.05, 3.63) is 65.0 Å². The smallest absolute Gasteiger partial charge is 0.315 e. The molecule has 132 valence electrons. The minimum atomic E-state index is -0.274. The standard InChI is InChI=1S/C20H24FN3O/c1-24-12-2-3-17-13-15(6-9-19(17)24)10-11-22-20(25)23-14-16-4-7-18(21)8-5-16/h4-9,13H,2-3,10-12,14H2,1H3,(H2,22,23,25). The second-order valence-electron chi connectivity index (χ2n) is 6.47. The Morgan fingerprint density at radius 2 is 1.88 bits per heavy atom. The Morgan fingerprint density at radius 3 is 2.68 bits per heavy atom. The minimum absolute atomic E-state index is 0.206. The molecule has 2 N–H and O–H groups in total. The van der Waals surface area contributed by atoms with Crippen LogP contribution in [0.4, 0.5) is 14.9 Å². The first-order valence-electron chi connectivity index (χ1n) is 8.71. The first kappa shape index (κ1) is 17.3. The van der Waals surface area contributed by atoms with Crippen molar-refractivity contribution in [3.8, 4) is 0 Å². The molecule has 0 saturated heterocycles. The van der Waals surface area contributed by atoms with Crippen molar-refractivity contribution in [2.24, 2.45) is 0 Å². The van der Waals surface area contributed by atoms with Crippen LogP contribution in [0.5, 0.6) is 0 Å². The fraction of sp³-hybridized carbons (Fsp3) is 0.350. The van der Waals surface area contributed by atoms with E-state index >= 15 is 0 Å². The van der Waals surface area contributed by atoms with Gasteiger partial charge in [0.05, 0.1) is 0 Å². The number of carbonyl (C=O) groups is 1. The maximum Gasteiger partial charge on any atom is 0.315 e. The van der Waals surface area contributed by atoms with Gasteiger partial charge < -0.3 is 15.5 Å². The van der Waals surface area contributed by atoms with Gasteiger partial charge in [0.1, 0.15) is 5.82 Å². The Balaban J connectivity index is 1.43. The molecule has 1 aliphatic rings. The van der Waals surface area contributed by atoms with E-state index in [9.17, 15) is 9.18 Å². The molecule has 0 atom stereocenters. The van der Waals surface area contributed by atoms with E-state index in [4.69, 9.17) is 0 Å². The molecule has 0 saturated carbocycles. The Labute approximate surface area is 148 Å². The van der Waals surface area contributed by atoms with Crippen LogP contribution in [0.15, 0.2) is 42.5 Å². The van der Waals surface area contributed by atoms with E-state index in [2.05, 4.69) is 40.8 Å². The normalized spacial score (nSPS) is 13.3. The van der Waals surface area contributed by atoms with Crippen LogP contribution in [0.2, 0.25) is 0 Å². The molecule has 1 heterocycles. The molecule has 0 aliphatic carbocycles. The van der Waals surface area contributed by atoms with Crippen molar-refractivity contribution < 1.29 is 9.18 Å². The topological polar surface area (TPSA) is 44.4 Å². The van der Waals surface area contributed by atoms with Gasteiger partial charge >= 0.3 is 6.03 Å². The Hall–Kier alpha value is -2.56. The van der Waals surface area contributed by atoms with Crippen LogP contribution in [0.3, 0.4) is 0 Å². The molecule has 0 aromatic heterocycles. The Morgan fingerprint density at radius 1 is 1.12 bits per heavy atom. The van der Waals surface area contributed by atoms with Crippen LogP contribution >= 0.6 is 0 Å². The zero-order valence-electron chi connectivity index (χ0n) is 14.5. The van der Waals surface area contributed by atoms with Crippen LogP contribution in [0, 0.1) is 5.82 Å². The van der Waals surface area contributed by atoms with Crippen molar-refractivity contribution in [3.63, 3.8) is 0 Å². The van der Waals surface area contributed by atoms with Gasteiger partial charge in [-0.25, -0.2) is 9.18 Å². The van der Waals surface area contributed by atoms with Crippen molar-refractivity contribution in [1.29, 1.82) is 0 Å². The molecule has 2 aromatic carbocycles. The highest BCUT2D eigenvalue weighted by atomic mass is 19.1. The van der Waals surface area contributed by atoms with Crippen LogP contribution in [-0.4, -0.2) is 26.2 Å². The van der Waals surface area contributed by atoms with Gasteiger partial charge in [-0.2, -0.15) is 0 Å². The van der Waals surface area contributed by atoms with Crippen LogP contribution < -0.4 is 15.5 Å². The molecule has 2 amide bonds. The lowest BCUT2D eigenvalue weighted by Gasteiger charge is -2.27. The van der Waals surface area contributed by atoms with Gasteiger partial charge in [-0.3, -0.25) is 0 Å². The third-order valence-electron chi connectivity index (χ3n) is 4.56. The maximum absolute atomic E-state index is 12.8. The molecule has 0 bridgehead atoms. The highest BCUT2D eigenvalue weighted by Crippen LogP contribution is 2.26. The molecule has 0 spiro atoms. The molecule has 25 heavy (non-hydrogen) atoms. The number of anilines is 1. The molecule has 3 rings (SSSR count). The summed E-state index contributed by atoms with van der Waals surface area (Å²) in [6, 6.07) is 12.5. The summed E-state index contributed by atoms with van der Waals surface area (Å²) in [7, 11) is 2.13. The van der Waals surface area contributed by atoms with E-state index in [-0.39, 0.29) is 11.8 Å². The number of nitrogens with one attached hydrogen (secondary N) is 2. The third kappa shape index (κ3) is 4.72. The number of carbonyl (C=O) groups excluding carboxylic acids is 1.